The zero-order valence-corrected chi connectivity index (χ0v) is 15.4. The van der Waals surface area contributed by atoms with Gasteiger partial charge >= 0.3 is 0 Å². The molecule has 4 heteroatoms. The minimum absolute atomic E-state index is 0.136. The fourth-order valence-corrected chi connectivity index (χ4v) is 3.52. The number of phenolic OH excluding ortho intramolecular Hbond substituents is 2. The van der Waals surface area contributed by atoms with E-state index in [9.17, 15) is 10.2 Å². The van der Waals surface area contributed by atoms with Crippen molar-refractivity contribution in [1.29, 1.82) is 0 Å². The predicted molar refractivity (Wildman–Crippen MR) is 103 cm³/mol. The van der Waals surface area contributed by atoms with Gasteiger partial charge in [0.15, 0.2) is 0 Å². The molecule has 2 N–H and O–H groups in total. The lowest BCUT2D eigenvalue weighted by molar-refractivity contribution is 0.470. The van der Waals surface area contributed by atoms with E-state index in [1.165, 1.54) is 0 Å². The Morgan fingerprint density at radius 3 is 1.68 bits per heavy atom. The van der Waals surface area contributed by atoms with Gasteiger partial charge in [-0.2, -0.15) is 0 Å². The summed E-state index contributed by atoms with van der Waals surface area (Å²) in [4.78, 5) is 0. The third-order valence-electron chi connectivity index (χ3n) is 4.38. The largest absolute Gasteiger partial charge is 0.508 e. The van der Waals surface area contributed by atoms with Crippen LogP contribution in [0.4, 0.5) is 0 Å². The Kier molecular flexibility index (Phi) is 4.94. The van der Waals surface area contributed by atoms with Crippen LogP contribution in [0.25, 0.3) is 0 Å². The van der Waals surface area contributed by atoms with Crippen LogP contribution in [0.5, 0.6) is 11.5 Å². The molecule has 0 amide bonds. The molecule has 25 heavy (non-hydrogen) atoms. The number of hydrogen-bond donors (Lipinski definition) is 2. The molecule has 0 saturated heterocycles. The zero-order valence-electron chi connectivity index (χ0n) is 13.9. The van der Waals surface area contributed by atoms with E-state index in [1.54, 1.807) is 18.2 Å². The highest BCUT2D eigenvalue weighted by atomic mass is 35.5. The van der Waals surface area contributed by atoms with Gasteiger partial charge in [-0.1, -0.05) is 53.5 Å². The summed E-state index contributed by atoms with van der Waals surface area (Å²) in [5.41, 5.74) is 4.52. The first-order valence-corrected chi connectivity index (χ1v) is 8.66. The smallest absolute Gasteiger partial charge is 0.118 e. The van der Waals surface area contributed by atoms with Crippen LogP contribution in [-0.4, -0.2) is 10.2 Å². The van der Waals surface area contributed by atoms with Gasteiger partial charge in [-0.05, 0) is 65.9 Å². The van der Waals surface area contributed by atoms with Crippen LogP contribution >= 0.6 is 23.2 Å². The fraction of sp³-hybridized carbons (Fsp3) is 0.143. The SMILES string of the molecule is Cc1cc(C(c2ccc(O)c(C)c2)c2ccc(Cl)cc2Cl)ccc1O. The number of hydrogen-bond acceptors (Lipinski definition) is 2. The molecule has 0 aliphatic rings. The van der Waals surface area contributed by atoms with Crippen molar-refractivity contribution in [1.82, 2.24) is 0 Å². The molecule has 0 aliphatic heterocycles. The summed E-state index contributed by atoms with van der Waals surface area (Å²) in [7, 11) is 0. The third kappa shape index (κ3) is 3.60. The molecule has 0 bridgehead atoms. The van der Waals surface area contributed by atoms with E-state index in [0.29, 0.717) is 10.0 Å². The van der Waals surface area contributed by atoms with Gasteiger partial charge in [-0.15, -0.1) is 0 Å². The maximum atomic E-state index is 9.86. The molecule has 0 aromatic heterocycles. The molecule has 128 valence electrons. The van der Waals surface area contributed by atoms with Gasteiger partial charge in [-0.3, -0.25) is 0 Å². The van der Waals surface area contributed by atoms with Crippen molar-refractivity contribution in [3.05, 3.63) is 92.5 Å². The molecule has 3 aromatic rings. The van der Waals surface area contributed by atoms with Crippen LogP contribution in [0, 0.1) is 13.8 Å². The lowest BCUT2D eigenvalue weighted by Crippen LogP contribution is -2.05. The minimum Gasteiger partial charge on any atom is -0.508 e. The lowest BCUT2D eigenvalue weighted by Gasteiger charge is -2.21. The van der Waals surface area contributed by atoms with Gasteiger partial charge in [0.2, 0.25) is 0 Å². The number of phenols is 2. The molecule has 3 rings (SSSR count). The molecule has 0 fully saturated rings. The number of halogens is 2. The summed E-state index contributed by atoms with van der Waals surface area (Å²) in [6.07, 6.45) is 0. The molecule has 2 nitrogen and oxygen atoms in total. The maximum absolute atomic E-state index is 9.86. The molecule has 0 heterocycles. The molecule has 0 unspecified atom stereocenters. The Hall–Kier alpha value is -2.16. The maximum Gasteiger partial charge on any atom is 0.118 e. The molecular weight excluding hydrogens is 355 g/mol. The van der Waals surface area contributed by atoms with Crippen LogP contribution in [0.2, 0.25) is 10.0 Å². The van der Waals surface area contributed by atoms with Crippen molar-refractivity contribution in [3.63, 3.8) is 0 Å². The molecular formula is C21H18Cl2O2. The topological polar surface area (TPSA) is 40.5 Å². The Morgan fingerprint density at radius 2 is 1.24 bits per heavy atom. The standard InChI is InChI=1S/C21H18Cl2O2/c1-12-9-14(3-7-19(12)24)21(15-4-8-20(25)13(2)10-15)17-6-5-16(22)11-18(17)23/h3-11,21,24-25H,1-2H3. The van der Waals surface area contributed by atoms with Gasteiger partial charge in [0.05, 0.1) is 0 Å². The summed E-state index contributed by atoms with van der Waals surface area (Å²) >= 11 is 12.5. The molecule has 3 aromatic carbocycles. The lowest BCUT2D eigenvalue weighted by atomic mass is 9.84. The molecule has 0 atom stereocenters. The van der Waals surface area contributed by atoms with Crippen molar-refractivity contribution in [2.24, 2.45) is 0 Å². The van der Waals surface area contributed by atoms with Crippen molar-refractivity contribution in [2.45, 2.75) is 19.8 Å². The highest BCUT2D eigenvalue weighted by molar-refractivity contribution is 6.35. The van der Waals surface area contributed by atoms with E-state index >= 15 is 0 Å². The Morgan fingerprint density at radius 1 is 0.720 bits per heavy atom. The van der Waals surface area contributed by atoms with Gasteiger partial charge in [0, 0.05) is 16.0 Å². The second-order valence-electron chi connectivity index (χ2n) is 6.19. The Labute approximate surface area is 157 Å². The highest BCUT2D eigenvalue weighted by Crippen LogP contribution is 2.39. The van der Waals surface area contributed by atoms with Gasteiger partial charge in [0.25, 0.3) is 0 Å². The summed E-state index contributed by atoms with van der Waals surface area (Å²) in [5.74, 6) is 0.376. The van der Waals surface area contributed by atoms with Crippen LogP contribution in [0.1, 0.15) is 33.7 Å². The van der Waals surface area contributed by atoms with Crippen molar-refractivity contribution < 1.29 is 10.2 Å². The quantitative estimate of drug-likeness (QED) is 0.537. The summed E-state index contributed by atoms with van der Waals surface area (Å²) in [6.45, 7) is 3.73. The average Bonchev–Trinajstić information content (AvgIpc) is 2.56. The first kappa shape index (κ1) is 17.7. The number of aryl methyl sites for hydroxylation is 2. The Bertz CT molecular complexity index is 884. The highest BCUT2D eigenvalue weighted by Gasteiger charge is 2.21. The van der Waals surface area contributed by atoms with E-state index in [-0.39, 0.29) is 17.4 Å². The van der Waals surface area contributed by atoms with Gasteiger partial charge in [0.1, 0.15) is 11.5 Å². The molecule has 0 saturated carbocycles. The number of benzene rings is 3. The first-order valence-electron chi connectivity index (χ1n) is 7.91. The van der Waals surface area contributed by atoms with Crippen molar-refractivity contribution in [2.75, 3.05) is 0 Å². The van der Waals surface area contributed by atoms with Crippen LogP contribution in [-0.2, 0) is 0 Å². The summed E-state index contributed by atoms with van der Waals surface area (Å²) < 4.78 is 0. The second-order valence-corrected chi connectivity index (χ2v) is 7.03. The van der Waals surface area contributed by atoms with Crippen LogP contribution < -0.4 is 0 Å². The van der Waals surface area contributed by atoms with Crippen molar-refractivity contribution in [3.8, 4) is 11.5 Å². The zero-order chi connectivity index (χ0) is 18.1. The second kappa shape index (κ2) is 6.99. The van der Waals surface area contributed by atoms with E-state index in [1.807, 2.05) is 50.2 Å². The van der Waals surface area contributed by atoms with E-state index < -0.39 is 0 Å². The van der Waals surface area contributed by atoms with E-state index in [4.69, 9.17) is 23.2 Å². The minimum atomic E-state index is -0.136. The fourth-order valence-electron chi connectivity index (χ4n) is 3.00. The first-order chi connectivity index (χ1) is 11.9. The van der Waals surface area contributed by atoms with E-state index in [2.05, 4.69) is 0 Å². The normalized spacial score (nSPS) is 11.1. The number of rotatable bonds is 3. The summed E-state index contributed by atoms with van der Waals surface area (Å²) in [6, 6.07) is 16.5. The van der Waals surface area contributed by atoms with Crippen molar-refractivity contribution >= 4 is 23.2 Å². The molecule has 0 aliphatic carbocycles. The summed E-state index contributed by atoms with van der Waals surface area (Å²) in [5, 5.41) is 20.9. The van der Waals surface area contributed by atoms with E-state index in [0.717, 1.165) is 27.8 Å². The van der Waals surface area contributed by atoms with Gasteiger partial charge in [-0.25, -0.2) is 0 Å². The Balaban J connectivity index is 2.23. The van der Waals surface area contributed by atoms with Crippen LogP contribution in [0.15, 0.2) is 54.6 Å². The van der Waals surface area contributed by atoms with Crippen LogP contribution in [0.3, 0.4) is 0 Å². The molecule has 0 spiro atoms. The number of aromatic hydroxyl groups is 2. The third-order valence-corrected chi connectivity index (χ3v) is 4.94. The predicted octanol–water partition coefficient (Wildman–Crippen LogP) is 6.20. The molecule has 0 radical (unpaired) electrons. The monoisotopic (exact) mass is 372 g/mol. The average molecular weight is 373 g/mol. The van der Waals surface area contributed by atoms with Gasteiger partial charge < -0.3 is 10.2 Å².